The molecule has 5 nitrogen and oxygen atoms in total. The Morgan fingerprint density at radius 3 is 2.27 bits per heavy atom. The zero-order valence-electron chi connectivity index (χ0n) is 15.7. The second-order valence-electron chi connectivity index (χ2n) is 6.57. The predicted molar refractivity (Wildman–Crippen MR) is 103 cm³/mol. The minimum Gasteiger partial charge on any atom is -0.497 e. The second kappa shape index (κ2) is 8.13. The van der Waals surface area contributed by atoms with Crippen LogP contribution in [0.15, 0.2) is 42.5 Å². The summed E-state index contributed by atoms with van der Waals surface area (Å²) in [6.45, 7) is 5.16. The van der Waals surface area contributed by atoms with Gasteiger partial charge in [-0.1, -0.05) is 18.2 Å². The number of carbonyl (C=O) groups excluding carboxylic acids is 1. The first-order valence-corrected chi connectivity index (χ1v) is 8.91. The Balaban J connectivity index is 1.59. The summed E-state index contributed by atoms with van der Waals surface area (Å²) in [5.74, 6) is 1.86. The number of nitrogens with zero attached hydrogens (tertiary/aromatic N) is 2. The molecule has 138 valence electrons. The molecule has 3 rings (SSSR count). The number of aryl methyl sites for hydroxylation is 1. The van der Waals surface area contributed by atoms with Crippen molar-refractivity contribution in [2.24, 2.45) is 0 Å². The molecule has 0 atom stereocenters. The lowest BCUT2D eigenvalue weighted by Gasteiger charge is -2.36. The fourth-order valence-electron chi connectivity index (χ4n) is 3.27. The Labute approximate surface area is 155 Å². The Morgan fingerprint density at radius 1 is 0.962 bits per heavy atom. The van der Waals surface area contributed by atoms with Crippen LogP contribution in [-0.4, -0.2) is 51.2 Å². The third-order valence-corrected chi connectivity index (χ3v) is 4.82. The average Bonchev–Trinajstić information content (AvgIpc) is 2.68. The minimum absolute atomic E-state index is 0.172. The zero-order chi connectivity index (χ0) is 18.5. The zero-order valence-corrected chi connectivity index (χ0v) is 15.7. The van der Waals surface area contributed by atoms with E-state index < -0.39 is 0 Å². The summed E-state index contributed by atoms with van der Waals surface area (Å²) in [4.78, 5) is 16.8. The van der Waals surface area contributed by atoms with Gasteiger partial charge in [0.2, 0.25) is 5.91 Å². The molecule has 0 aliphatic carbocycles. The van der Waals surface area contributed by atoms with Crippen molar-refractivity contribution in [1.29, 1.82) is 0 Å². The van der Waals surface area contributed by atoms with Crippen LogP contribution >= 0.6 is 0 Å². The highest BCUT2D eigenvalue weighted by Gasteiger charge is 2.23. The van der Waals surface area contributed by atoms with Gasteiger partial charge in [0.15, 0.2) is 0 Å². The quantitative estimate of drug-likeness (QED) is 0.828. The molecule has 26 heavy (non-hydrogen) atoms. The molecule has 5 heteroatoms. The lowest BCUT2D eigenvalue weighted by atomic mass is 10.1. The highest BCUT2D eigenvalue weighted by atomic mass is 16.5. The monoisotopic (exact) mass is 354 g/mol. The smallest absolute Gasteiger partial charge is 0.227 e. The van der Waals surface area contributed by atoms with E-state index in [1.54, 1.807) is 14.2 Å². The first kappa shape index (κ1) is 18.1. The SMILES string of the molecule is COc1ccc(CC(=O)N2CCN(c3cc(C)ccc3OC)CC2)cc1. The molecule has 2 aromatic carbocycles. The van der Waals surface area contributed by atoms with Gasteiger partial charge in [-0.25, -0.2) is 0 Å². The van der Waals surface area contributed by atoms with E-state index in [4.69, 9.17) is 9.47 Å². The fraction of sp³-hybridized carbons (Fsp3) is 0.381. The van der Waals surface area contributed by atoms with E-state index in [-0.39, 0.29) is 5.91 Å². The normalized spacial score (nSPS) is 14.3. The van der Waals surface area contributed by atoms with Crippen LogP contribution in [0.3, 0.4) is 0 Å². The van der Waals surface area contributed by atoms with Gasteiger partial charge in [0.05, 0.1) is 26.3 Å². The van der Waals surface area contributed by atoms with Crippen LogP contribution < -0.4 is 14.4 Å². The van der Waals surface area contributed by atoms with Crippen LogP contribution in [0.1, 0.15) is 11.1 Å². The Hall–Kier alpha value is -2.69. The topological polar surface area (TPSA) is 42.0 Å². The van der Waals surface area contributed by atoms with Crippen molar-refractivity contribution in [2.45, 2.75) is 13.3 Å². The van der Waals surface area contributed by atoms with E-state index in [2.05, 4.69) is 24.0 Å². The number of anilines is 1. The first-order chi connectivity index (χ1) is 12.6. The van der Waals surface area contributed by atoms with Gasteiger partial charge < -0.3 is 19.3 Å². The number of ether oxygens (including phenoxy) is 2. The van der Waals surface area contributed by atoms with Gasteiger partial charge in [0, 0.05) is 26.2 Å². The van der Waals surface area contributed by atoms with Gasteiger partial charge in [0.25, 0.3) is 0 Å². The summed E-state index contributed by atoms with van der Waals surface area (Å²) in [6, 6.07) is 13.9. The number of piperazine rings is 1. The summed E-state index contributed by atoms with van der Waals surface area (Å²) in [5.41, 5.74) is 3.33. The molecule has 0 aromatic heterocycles. The molecule has 1 aliphatic heterocycles. The molecule has 1 aliphatic rings. The fourth-order valence-corrected chi connectivity index (χ4v) is 3.27. The number of methoxy groups -OCH3 is 2. The molecular formula is C21H26N2O3. The number of rotatable bonds is 5. The van der Waals surface area contributed by atoms with Gasteiger partial charge in [-0.05, 0) is 42.3 Å². The Morgan fingerprint density at radius 2 is 1.65 bits per heavy atom. The van der Waals surface area contributed by atoms with Crippen LogP contribution in [0, 0.1) is 6.92 Å². The largest absolute Gasteiger partial charge is 0.497 e. The summed E-state index contributed by atoms with van der Waals surface area (Å²) in [7, 11) is 3.34. The molecule has 1 amide bonds. The van der Waals surface area contributed by atoms with Gasteiger partial charge in [-0.2, -0.15) is 0 Å². The molecular weight excluding hydrogens is 328 g/mol. The maximum absolute atomic E-state index is 12.6. The van der Waals surface area contributed by atoms with E-state index in [9.17, 15) is 4.79 Å². The third-order valence-electron chi connectivity index (χ3n) is 4.82. The van der Waals surface area contributed by atoms with Crippen LogP contribution in [0.25, 0.3) is 0 Å². The van der Waals surface area contributed by atoms with Crippen LogP contribution in [0.5, 0.6) is 11.5 Å². The van der Waals surface area contributed by atoms with Gasteiger partial charge in [0.1, 0.15) is 11.5 Å². The van der Waals surface area contributed by atoms with Crippen LogP contribution in [0.4, 0.5) is 5.69 Å². The van der Waals surface area contributed by atoms with Gasteiger partial charge in [-0.15, -0.1) is 0 Å². The third kappa shape index (κ3) is 4.10. The number of hydrogen-bond donors (Lipinski definition) is 0. The first-order valence-electron chi connectivity index (χ1n) is 8.91. The van der Waals surface area contributed by atoms with E-state index in [1.165, 1.54) is 5.56 Å². The molecule has 1 heterocycles. The van der Waals surface area contributed by atoms with E-state index >= 15 is 0 Å². The molecule has 0 N–H and O–H groups in total. The Bertz CT molecular complexity index is 750. The van der Waals surface area contributed by atoms with Crippen molar-refractivity contribution in [2.75, 3.05) is 45.3 Å². The number of hydrogen-bond acceptors (Lipinski definition) is 4. The van der Waals surface area contributed by atoms with Crippen molar-refractivity contribution in [3.05, 3.63) is 53.6 Å². The van der Waals surface area contributed by atoms with E-state index in [1.807, 2.05) is 35.2 Å². The van der Waals surface area contributed by atoms with Crippen molar-refractivity contribution in [3.63, 3.8) is 0 Å². The summed E-state index contributed by atoms with van der Waals surface area (Å²) < 4.78 is 10.7. The van der Waals surface area contributed by atoms with Gasteiger partial charge >= 0.3 is 0 Å². The maximum atomic E-state index is 12.6. The molecule has 0 saturated carbocycles. The van der Waals surface area contributed by atoms with E-state index in [0.717, 1.165) is 48.9 Å². The van der Waals surface area contributed by atoms with Crippen molar-refractivity contribution in [3.8, 4) is 11.5 Å². The van der Waals surface area contributed by atoms with Crippen molar-refractivity contribution >= 4 is 11.6 Å². The second-order valence-corrected chi connectivity index (χ2v) is 6.57. The summed E-state index contributed by atoms with van der Waals surface area (Å²) in [6.07, 6.45) is 0.428. The van der Waals surface area contributed by atoms with Crippen molar-refractivity contribution < 1.29 is 14.3 Å². The molecule has 0 bridgehead atoms. The highest BCUT2D eigenvalue weighted by Crippen LogP contribution is 2.30. The molecule has 0 unspecified atom stereocenters. The number of amides is 1. The van der Waals surface area contributed by atoms with Crippen LogP contribution in [-0.2, 0) is 11.2 Å². The number of benzene rings is 2. The standard InChI is InChI=1S/C21H26N2O3/c1-16-4-9-20(26-3)19(14-16)22-10-12-23(13-11-22)21(24)15-17-5-7-18(25-2)8-6-17/h4-9,14H,10-13,15H2,1-3H3. The minimum atomic E-state index is 0.172. The molecule has 0 radical (unpaired) electrons. The predicted octanol–water partition coefficient (Wildman–Crippen LogP) is 2.90. The van der Waals surface area contributed by atoms with Crippen molar-refractivity contribution in [1.82, 2.24) is 4.90 Å². The Kier molecular flexibility index (Phi) is 5.66. The van der Waals surface area contributed by atoms with Crippen LogP contribution in [0.2, 0.25) is 0 Å². The molecule has 2 aromatic rings. The molecule has 1 fully saturated rings. The summed E-state index contributed by atoms with van der Waals surface area (Å²) >= 11 is 0. The average molecular weight is 354 g/mol. The lowest BCUT2D eigenvalue weighted by Crippen LogP contribution is -2.49. The summed E-state index contributed by atoms with van der Waals surface area (Å²) in [5, 5.41) is 0. The number of carbonyl (C=O) groups is 1. The maximum Gasteiger partial charge on any atom is 0.227 e. The van der Waals surface area contributed by atoms with Gasteiger partial charge in [-0.3, -0.25) is 4.79 Å². The van der Waals surface area contributed by atoms with E-state index in [0.29, 0.717) is 6.42 Å². The lowest BCUT2D eigenvalue weighted by molar-refractivity contribution is -0.130. The molecule has 1 saturated heterocycles. The highest BCUT2D eigenvalue weighted by molar-refractivity contribution is 5.79. The molecule has 0 spiro atoms.